The molecule has 0 saturated heterocycles. The monoisotopic (exact) mass is 449 g/mol. The van der Waals surface area contributed by atoms with Gasteiger partial charge in [0.15, 0.2) is 5.60 Å². The number of ether oxygens (including phenoxy) is 2. The van der Waals surface area contributed by atoms with Gasteiger partial charge in [-0.2, -0.15) is 0 Å². The van der Waals surface area contributed by atoms with Crippen LogP contribution in [0.2, 0.25) is 0 Å². The quantitative estimate of drug-likeness (QED) is 0.457. The number of esters is 1. The first-order valence-electron chi connectivity index (χ1n) is 10.9. The molecule has 0 aromatic heterocycles. The maximum Gasteiger partial charge on any atom is 0.349 e. The first kappa shape index (κ1) is 24.0. The Balaban J connectivity index is 1.53. The molecule has 0 spiro atoms. The first-order chi connectivity index (χ1) is 15.8. The number of nitrogens with one attached hydrogen (secondary N) is 1. The molecule has 0 aliphatic heterocycles. The zero-order valence-electron chi connectivity index (χ0n) is 19.1. The number of benzene rings is 3. The lowest BCUT2D eigenvalue weighted by atomic mass is 10.0. The molecule has 5 nitrogen and oxygen atoms in total. The molecule has 1 amide bonds. The third kappa shape index (κ3) is 6.65. The zero-order chi connectivity index (χ0) is 23.8. The van der Waals surface area contributed by atoms with E-state index in [-0.39, 0.29) is 11.7 Å². The van der Waals surface area contributed by atoms with E-state index >= 15 is 0 Å². The number of amides is 1. The highest BCUT2D eigenvalue weighted by Crippen LogP contribution is 2.25. The van der Waals surface area contributed by atoms with Crippen molar-refractivity contribution >= 4 is 11.9 Å². The molecule has 0 aliphatic rings. The number of rotatable bonds is 9. The molecule has 0 bridgehead atoms. The highest BCUT2D eigenvalue weighted by Gasteiger charge is 2.31. The predicted molar refractivity (Wildman–Crippen MR) is 126 cm³/mol. The fourth-order valence-corrected chi connectivity index (χ4v) is 3.24. The minimum absolute atomic E-state index is 0.222. The average Bonchev–Trinajstić information content (AvgIpc) is 2.80. The molecule has 33 heavy (non-hydrogen) atoms. The number of hydrogen-bond acceptors (Lipinski definition) is 4. The molecule has 0 fully saturated rings. The van der Waals surface area contributed by atoms with Crippen LogP contribution in [-0.2, 0) is 16.0 Å². The third-order valence-electron chi connectivity index (χ3n) is 5.09. The Kier molecular flexibility index (Phi) is 7.83. The van der Waals surface area contributed by atoms with Crippen LogP contribution in [0.15, 0.2) is 72.8 Å². The second-order valence-electron chi connectivity index (χ2n) is 8.07. The minimum atomic E-state index is -1.06. The van der Waals surface area contributed by atoms with Crippen molar-refractivity contribution in [1.82, 2.24) is 5.32 Å². The molecule has 3 aromatic carbocycles. The van der Waals surface area contributed by atoms with Crippen molar-refractivity contribution in [2.75, 3.05) is 13.2 Å². The second-order valence-corrected chi connectivity index (χ2v) is 8.07. The molecule has 0 aliphatic carbocycles. The van der Waals surface area contributed by atoms with E-state index in [1.54, 1.807) is 20.8 Å². The summed E-state index contributed by atoms with van der Waals surface area (Å²) in [5, 5.41) is 2.85. The van der Waals surface area contributed by atoms with Gasteiger partial charge in [-0.25, -0.2) is 9.18 Å². The Morgan fingerprint density at radius 1 is 0.879 bits per heavy atom. The van der Waals surface area contributed by atoms with Crippen LogP contribution < -0.4 is 10.1 Å². The summed E-state index contributed by atoms with van der Waals surface area (Å²) in [5.74, 6) is -0.404. The minimum Gasteiger partial charge on any atom is -0.476 e. The van der Waals surface area contributed by atoms with Gasteiger partial charge in [0, 0.05) is 12.1 Å². The molecule has 0 heterocycles. The van der Waals surface area contributed by atoms with Crippen LogP contribution in [0.1, 0.15) is 36.7 Å². The second kappa shape index (κ2) is 10.8. The maximum absolute atomic E-state index is 13.0. The number of carbonyl (C=O) groups is 2. The maximum atomic E-state index is 13.0. The summed E-state index contributed by atoms with van der Waals surface area (Å²) < 4.78 is 23.8. The highest BCUT2D eigenvalue weighted by atomic mass is 19.1. The predicted octanol–water partition coefficient (Wildman–Crippen LogP) is 5.19. The van der Waals surface area contributed by atoms with Gasteiger partial charge in [0.05, 0.1) is 6.61 Å². The Morgan fingerprint density at radius 2 is 1.45 bits per heavy atom. The summed E-state index contributed by atoms with van der Waals surface area (Å²) >= 11 is 0. The van der Waals surface area contributed by atoms with Gasteiger partial charge in [-0.05, 0) is 80.3 Å². The Hall–Kier alpha value is -3.67. The number of hydrogen-bond donors (Lipinski definition) is 1. The van der Waals surface area contributed by atoms with Crippen molar-refractivity contribution in [2.24, 2.45) is 0 Å². The lowest BCUT2D eigenvalue weighted by molar-refractivity contribution is -0.158. The first-order valence-corrected chi connectivity index (χ1v) is 10.9. The molecule has 0 saturated carbocycles. The molecule has 172 valence electrons. The van der Waals surface area contributed by atoms with E-state index in [1.807, 2.05) is 48.5 Å². The van der Waals surface area contributed by atoms with E-state index in [4.69, 9.17) is 9.47 Å². The summed E-state index contributed by atoms with van der Waals surface area (Å²) in [7, 11) is 0. The topological polar surface area (TPSA) is 64.6 Å². The molecule has 6 heteroatoms. The van der Waals surface area contributed by atoms with Gasteiger partial charge in [0.25, 0.3) is 5.91 Å². The van der Waals surface area contributed by atoms with Crippen LogP contribution in [0, 0.1) is 5.82 Å². The van der Waals surface area contributed by atoms with Crippen LogP contribution in [0.3, 0.4) is 0 Å². The molecule has 0 radical (unpaired) electrons. The van der Waals surface area contributed by atoms with Crippen molar-refractivity contribution < 1.29 is 23.5 Å². The van der Waals surface area contributed by atoms with Crippen molar-refractivity contribution in [3.8, 4) is 16.9 Å². The largest absolute Gasteiger partial charge is 0.476 e. The van der Waals surface area contributed by atoms with Gasteiger partial charge >= 0.3 is 5.97 Å². The molecular formula is C27H28FNO4. The van der Waals surface area contributed by atoms with E-state index in [1.165, 1.54) is 24.3 Å². The fraction of sp³-hybridized carbons (Fsp3) is 0.259. The van der Waals surface area contributed by atoms with Crippen LogP contribution in [0.5, 0.6) is 5.75 Å². The van der Waals surface area contributed by atoms with Crippen molar-refractivity contribution in [2.45, 2.75) is 32.8 Å². The van der Waals surface area contributed by atoms with Gasteiger partial charge in [0.2, 0.25) is 0 Å². The summed E-state index contributed by atoms with van der Waals surface area (Å²) in [5.41, 5.74) is 2.53. The molecule has 3 aromatic rings. The van der Waals surface area contributed by atoms with Crippen molar-refractivity contribution in [1.29, 1.82) is 0 Å². The van der Waals surface area contributed by atoms with Gasteiger partial charge in [0.1, 0.15) is 11.6 Å². The smallest absolute Gasteiger partial charge is 0.349 e. The van der Waals surface area contributed by atoms with Crippen molar-refractivity contribution in [3.63, 3.8) is 0 Å². The molecule has 0 unspecified atom stereocenters. The Labute approximate surface area is 193 Å². The lowest BCUT2D eigenvalue weighted by Crippen LogP contribution is -2.39. The average molecular weight is 450 g/mol. The van der Waals surface area contributed by atoms with Gasteiger partial charge in [-0.3, -0.25) is 4.79 Å². The molecule has 0 atom stereocenters. The number of halogens is 1. The Bertz CT molecular complexity index is 1070. The van der Waals surface area contributed by atoms with Crippen LogP contribution >= 0.6 is 0 Å². The fourth-order valence-electron chi connectivity index (χ4n) is 3.24. The molecular weight excluding hydrogens is 421 g/mol. The van der Waals surface area contributed by atoms with Crippen LogP contribution in [0.25, 0.3) is 11.1 Å². The summed E-state index contributed by atoms with van der Waals surface area (Å²) in [6, 6.07) is 21.1. The SMILES string of the molecule is CCOC(=O)C(C)(C)Oc1ccc(-c2ccc(CCNC(=O)c3ccc(F)cc3)cc2)cc1. The third-order valence-corrected chi connectivity index (χ3v) is 5.09. The zero-order valence-corrected chi connectivity index (χ0v) is 19.1. The number of carbonyl (C=O) groups excluding carboxylic acids is 2. The van der Waals surface area contributed by atoms with Gasteiger partial charge in [-0.15, -0.1) is 0 Å². The summed E-state index contributed by atoms with van der Waals surface area (Å²) in [6.45, 7) is 5.91. The normalized spacial score (nSPS) is 11.0. The van der Waals surface area contributed by atoms with E-state index in [2.05, 4.69) is 5.32 Å². The van der Waals surface area contributed by atoms with E-state index in [9.17, 15) is 14.0 Å². The van der Waals surface area contributed by atoms with Crippen molar-refractivity contribution in [3.05, 3.63) is 89.7 Å². The van der Waals surface area contributed by atoms with E-state index < -0.39 is 11.6 Å². The highest BCUT2D eigenvalue weighted by molar-refractivity contribution is 5.94. The summed E-state index contributed by atoms with van der Waals surface area (Å²) in [6.07, 6.45) is 0.683. The molecule has 1 N–H and O–H groups in total. The standard InChI is InChI=1S/C27H28FNO4/c1-4-32-26(31)27(2,3)33-24-15-11-21(12-16-24)20-7-5-19(6-8-20)17-18-29-25(30)22-9-13-23(28)14-10-22/h5-16H,4,17-18H2,1-3H3,(H,29,30). The van der Waals surface area contributed by atoms with Gasteiger partial charge < -0.3 is 14.8 Å². The van der Waals surface area contributed by atoms with Crippen LogP contribution in [-0.4, -0.2) is 30.6 Å². The molecule has 3 rings (SSSR count). The summed E-state index contributed by atoms with van der Waals surface area (Å²) in [4.78, 5) is 24.1. The van der Waals surface area contributed by atoms with Crippen LogP contribution in [0.4, 0.5) is 4.39 Å². The Morgan fingerprint density at radius 3 is 2.03 bits per heavy atom. The van der Waals surface area contributed by atoms with Gasteiger partial charge in [-0.1, -0.05) is 36.4 Å². The van der Waals surface area contributed by atoms with E-state index in [0.717, 1.165) is 16.7 Å². The van der Waals surface area contributed by atoms with E-state index in [0.29, 0.717) is 30.9 Å². The lowest BCUT2D eigenvalue weighted by Gasteiger charge is -2.24.